The van der Waals surface area contributed by atoms with E-state index in [4.69, 9.17) is 5.73 Å². The SMILES string of the molecule is Nc1ccccc1N1CCN(c2n[nH]c(=O)[nH]c2=O)CC1. The minimum absolute atomic E-state index is 0.246. The van der Waals surface area contributed by atoms with Gasteiger partial charge in [0.2, 0.25) is 5.82 Å². The van der Waals surface area contributed by atoms with Gasteiger partial charge >= 0.3 is 5.69 Å². The molecule has 0 saturated carbocycles. The lowest BCUT2D eigenvalue weighted by molar-refractivity contribution is 0.637. The van der Waals surface area contributed by atoms with Crippen molar-refractivity contribution >= 4 is 17.2 Å². The molecule has 0 amide bonds. The Morgan fingerprint density at radius 2 is 1.71 bits per heavy atom. The van der Waals surface area contributed by atoms with Crippen molar-refractivity contribution in [1.82, 2.24) is 15.2 Å². The third-order valence-electron chi connectivity index (χ3n) is 3.55. The Labute approximate surface area is 120 Å². The average Bonchev–Trinajstić information content (AvgIpc) is 2.48. The van der Waals surface area contributed by atoms with Crippen molar-refractivity contribution in [2.24, 2.45) is 0 Å². The molecule has 21 heavy (non-hydrogen) atoms. The van der Waals surface area contributed by atoms with Crippen molar-refractivity contribution in [2.45, 2.75) is 0 Å². The lowest BCUT2D eigenvalue weighted by Gasteiger charge is -2.36. The average molecular weight is 288 g/mol. The van der Waals surface area contributed by atoms with E-state index in [9.17, 15) is 9.59 Å². The number of nitrogens with zero attached hydrogens (tertiary/aromatic N) is 3. The number of aromatic nitrogens is 3. The van der Waals surface area contributed by atoms with Crippen LogP contribution in [-0.2, 0) is 0 Å². The molecule has 2 aromatic rings. The second-order valence-corrected chi connectivity index (χ2v) is 4.86. The van der Waals surface area contributed by atoms with Gasteiger partial charge in [0.25, 0.3) is 5.56 Å². The van der Waals surface area contributed by atoms with Crippen molar-refractivity contribution in [3.8, 4) is 0 Å². The summed E-state index contributed by atoms with van der Waals surface area (Å²) >= 11 is 0. The van der Waals surface area contributed by atoms with Gasteiger partial charge in [0.05, 0.1) is 11.4 Å². The molecule has 1 saturated heterocycles. The van der Waals surface area contributed by atoms with Gasteiger partial charge in [-0.3, -0.25) is 9.78 Å². The zero-order valence-electron chi connectivity index (χ0n) is 11.4. The number of benzene rings is 1. The van der Waals surface area contributed by atoms with Gasteiger partial charge in [-0.1, -0.05) is 12.1 Å². The van der Waals surface area contributed by atoms with Crippen LogP contribution in [0.5, 0.6) is 0 Å². The van der Waals surface area contributed by atoms with Crippen molar-refractivity contribution < 1.29 is 0 Å². The molecule has 0 radical (unpaired) electrons. The van der Waals surface area contributed by atoms with Crippen molar-refractivity contribution in [1.29, 1.82) is 0 Å². The summed E-state index contributed by atoms with van der Waals surface area (Å²) in [7, 11) is 0. The number of hydrogen-bond donors (Lipinski definition) is 3. The number of nitrogens with two attached hydrogens (primary N) is 1. The highest BCUT2D eigenvalue weighted by Crippen LogP contribution is 2.23. The lowest BCUT2D eigenvalue weighted by Crippen LogP contribution is -2.49. The molecule has 8 heteroatoms. The number of piperazine rings is 1. The minimum Gasteiger partial charge on any atom is -0.397 e. The fourth-order valence-electron chi connectivity index (χ4n) is 2.49. The van der Waals surface area contributed by atoms with Crippen LogP contribution in [0.4, 0.5) is 17.2 Å². The molecule has 8 nitrogen and oxygen atoms in total. The largest absolute Gasteiger partial charge is 0.397 e. The number of H-pyrrole nitrogens is 2. The van der Waals surface area contributed by atoms with Crippen LogP contribution in [0.15, 0.2) is 33.9 Å². The Balaban J connectivity index is 1.75. The molecule has 1 aliphatic rings. The van der Waals surface area contributed by atoms with E-state index < -0.39 is 11.2 Å². The zero-order valence-corrected chi connectivity index (χ0v) is 11.4. The molecule has 1 fully saturated rings. The van der Waals surface area contributed by atoms with Gasteiger partial charge < -0.3 is 15.5 Å². The lowest BCUT2D eigenvalue weighted by atomic mass is 10.2. The molecule has 4 N–H and O–H groups in total. The maximum absolute atomic E-state index is 11.7. The highest BCUT2D eigenvalue weighted by molar-refractivity contribution is 5.67. The summed E-state index contributed by atoms with van der Waals surface area (Å²) in [4.78, 5) is 28.9. The van der Waals surface area contributed by atoms with E-state index in [0.717, 1.165) is 24.5 Å². The fourth-order valence-corrected chi connectivity index (χ4v) is 2.49. The molecule has 1 aliphatic heterocycles. The second kappa shape index (κ2) is 5.31. The van der Waals surface area contributed by atoms with Gasteiger partial charge in [-0.05, 0) is 12.1 Å². The zero-order chi connectivity index (χ0) is 14.8. The number of anilines is 3. The smallest absolute Gasteiger partial charge is 0.342 e. The highest BCUT2D eigenvalue weighted by Gasteiger charge is 2.21. The van der Waals surface area contributed by atoms with E-state index in [1.165, 1.54) is 0 Å². The molecule has 0 bridgehead atoms. The Kier molecular flexibility index (Phi) is 3.35. The molecule has 0 aliphatic carbocycles. The summed E-state index contributed by atoms with van der Waals surface area (Å²) in [6.45, 7) is 2.73. The molecular formula is C13H16N6O2. The number of aromatic amines is 2. The highest BCUT2D eigenvalue weighted by atomic mass is 16.2. The summed E-state index contributed by atoms with van der Waals surface area (Å²) in [5, 5.41) is 6.07. The summed E-state index contributed by atoms with van der Waals surface area (Å²) in [5.74, 6) is 0.246. The Morgan fingerprint density at radius 3 is 2.38 bits per heavy atom. The predicted molar refractivity (Wildman–Crippen MR) is 80.8 cm³/mol. The molecule has 1 aromatic carbocycles. The van der Waals surface area contributed by atoms with E-state index in [2.05, 4.69) is 20.1 Å². The molecule has 110 valence electrons. The van der Waals surface area contributed by atoms with Crippen LogP contribution in [0.25, 0.3) is 0 Å². The Morgan fingerprint density at radius 1 is 1.05 bits per heavy atom. The Bertz CT molecular complexity index is 745. The van der Waals surface area contributed by atoms with Crippen LogP contribution >= 0.6 is 0 Å². The monoisotopic (exact) mass is 288 g/mol. The van der Waals surface area contributed by atoms with Crippen LogP contribution in [0.3, 0.4) is 0 Å². The number of rotatable bonds is 2. The van der Waals surface area contributed by atoms with E-state index in [1.807, 2.05) is 29.2 Å². The molecule has 2 heterocycles. The van der Waals surface area contributed by atoms with Crippen molar-refractivity contribution in [2.75, 3.05) is 41.7 Å². The van der Waals surface area contributed by atoms with Gasteiger partial charge in [0.15, 0.2) is 0 Å². The topological polar surface area (TPSA) is 111 Å². The third kappa shape index (κ3) is 2.60. The van der Waals surface area contributed by atoms with Gasteiger partial charge in [-0.15, -0.1) is 5.10 Å². The normalized spacial score (nSPS) is 15.2. The van der Waals surface area contributed by atoms with Crippen LogP contribution in [0.1, 0.15) is 0 Å². The molecular weight excluding hydrogens is 272 g/mol. The molecule has 1 aromatic heterocycles. The fraction of sp³-hybridized carbons (Fsp3) is 0.308. The van der Waals surface area contributed by atoms with Crippen LogP contribution in [-0.4, -0.2) is 41.4 Å². The first-order chi connectivity index (χ1) is 10.1. The first-order valence-corrected chi connectivity index (χ1v) is 6.68. The number of nitrogen functional groups attached to an aromatic ring is 1. The van der Waals surface area contributed by atoms with Crippen molar-refractivity contribution in [3.05, 3.63) is 45.1 Å². The van der Waals surface area contributed by atoms with Crippen LogP contribution in [0.2, 0.25) is 0 Å². The third-order valence-corrected chi connectivity index (χ3v) is 3.55. The molecule has 3 rings (SSSR count). The number of hydrogen-bond acceptors (Lipinski definition) is 6. The second-order valence-electron chi connectivity index (χ2n) is 4.86. The van der Waals surface area contributed by atoms with Gasteiger partial charge in [-0.25, -0.2) is 9.89 Å². The van der Waals surface area contributed by atoms with Gasteiger partial charge in [0, 0.05) is 26.2 Å². The van der Waals surface area contributed by atoms with E-state index in [-0.39, 0.29) is 5.82 Å². The first kappa shape index (κ1) is 13.2. The van der Waals surface area contributed by atoms with E-state index in [1.54, 1.807) is 0 Å². The number of para-hydroxylation sites is 2. The quantitative estimate of drug-likeness (QED) is 0.634. The summed E-state index contributed by atoms with van der Waals surface area (Å²) < 4.78 is 0. The maximum Gasteiger partial charge on any atom is 0.342 e. The summed E-state index contributed by atoms with van der Waals surface area (Å²) in [6, 6.07) is 7.71. The maximum atomic E-state index is 11.7. The van der Waals surface area contributed by atoms with Gasteiger partial charge in [0.1, 0.15) is 0 Å². The minimum atomic E-state index is -0.598. The molecule has 0 spiro atoms. The Hall–Kier alpha value is -2.77. The van der Waals surface area contributed by atoms with E-state index in [0.29, 0.717) is 13.1 Å². The summed E-state index contributed by atoms with van der Waals surface area (Å²) in [5.41, 5.74) is 6.65. The van der Waals surface area contributed by atoms with Crippen LogP contribution < -0.4 is 26.8 Å². The van der Waals surface area contributed by atoms with Gasteiger partial charge in [-0.2, -0.15) is 0 Å². The summed E-state index contributed by atoms with van der Waals surface area (Å²) in [6.07, 6.45) is 0. The molecule has 0 unspecified atom stereocenters. The standard InChI is InChI=1S/C13H16N6O2/c14-9-3-1-2-4-10(9)18-5-7-19(8-6-18)11-12(20)15-13(21)17-16-11/h1-4H,5-8,14H2,(H2,15,17,20,21). The van der Waals surface area contributed by atoms with Crippen LogP contribution in [0, 0.1) is 0 Å². The molecule has 0 atom stereocenters. The van der Waals surface area contributed by atoms with E-state index >= 15 is 0 Å². The number of nitrogens with one attached hydrogen (secondary N) is 2. The first-order valence-electron chi connectivity index (χ1n) is 6.68. The predicted octanol–water partition coefficient (Wildman–Crippen LogP) is -0.633. The van der Waals surface area contributed by atoms with Crippen molar-refractivity contribution in [3.63, 3.8) is 0 Å².